The number of ether oxygens (including phenoxy) is 2. The largest absolute Gasteiger partial charge is 0.493 e. The highest BCUT2D eigenvalue weighted by Gasteiger charge is 2.16. The monoisotopic (exact) mass is 356 g/mol. The number of rotatable bonds is 6. The van der Waals surface area contributed by atoms with Crippen molar-refractivity contribution in [1.82, 2.24) is 9.88 Å². The minimum Gasteiger partial charge on any atom is -0.493 e. The van der Waals surface area contributed by atoms with Crippen LogP contribution in [0.4, 0.5) is 4.39 Å². The summed E-state index contributed by atoms with van der Waals surface area (Å²) in [6, 6.07) is 13.3. The molecule has 0 fully saturated rings. The second-order valence-corrected chi connectivity index (χ2v) is 6.13. The van der Waals surface area contributed by atoms with Crippen LogP contribution in [0.1, 0.15) is 17.4 Å². The molecule has 6 heteroatoms. The van der Waals surface area contributed by atoms with Crippen LogP contribution in [0, 0.1) is 5.82 Å². The minimum atomic E-state index is -0.325. The van der Waals surface area contributed by atoms with Gasteiger partial charge >= 0.3 is 0 Å². The van der Waals surface area contributed by atoms with Gasteiger partial charge in [0.2, 0.25) is 0 Å². The van der Waals surface area contributed by atoms with Crippen molar-refractivity contribution in [2.45, 2.75) is 13.0 Å². The lowest BCUT2D eigenvalue weighted by molar-refractivity contribution is 0.0918. The molecule has 0 radical (unpaired) electrons. The van der Waals surface area contributed by atoms with Crippen LogP contribution in [0.3, 0.4) is 0 Å². The van der Waals surface area contributed by atoms with Crippen LogP contribution >= 0.6 is 0 Å². The van der Waals surface area contributed by atoms with Crippen LogP contribution < -0.4 is 14.8 Å². The van der Waals surface area contributed by atoms with Crippen molar-refractivity contribution in [2.75, 3.05) is 13.7 Å². The van der Waals surface area contributed by atoms with Gasteiger partial charge in [0.05, 0.1) is 13.2 Å². The van der Waals surface area contributed by atoms with Gasteiger partial charge in [0.25, 0.3) is 5.91 Å². The van der Waals surface area contributed by atoms with E-state index in [9.17, 15) is 9.18 Å². The van der Waals surface area contributed by atoms with Crippen molar-refractivity contribution in [1.29, 1.82) is 0 Å². The number of methoxy groups -OCH3 is 1. The number of carbonyl (C=O) groups excluding carboxylic acids is 1. The summed E-state index contributed by atoms with van der Waals surface area (Å²) in [5.74, 6) is 0.701. The maximum atomic E-state index is 13.4. The van der Waals surface area contributed by atoms with Gasteiger partial charge in [-0.25, -0.2) is 4.39 Å². The van der Waals surface area contributed by atoms with E-state index in [0.29, 0.717) is 29.2 Å². The maximum absolute atomic E-state index is 13.4. The molecule has 0 saturated heterocycles. The van der Waals surface area contributed by atoms with Crippen LogP contribution in [-0.4, -0.2) is 30.2 Å². The second kappa shape index (κ2) is 7.47. The van der Waals surface area contributed by atoms with E-state index in [0.717, 1.165) is 5.52 Å². The third kappa shape index (κ3) is 3.64. The van der Waals surface area contributed by atoms with E-state index in [2.05, 4.69) is 5.32 Å². The number of aromatic nitrogens is 1. The highest BCUT2D eigenvalue weighted by atomic mass is 19.1. The number of amides is 1. The second-order valence-electron chi connectivity index (χ2n) is 6.13. The van der Waals surface area contributed by atoms with Gasteiger partial charge in [0.1, 0.15) is 18.1 Å². The van der Waals surface area contributed by atoms with Crippen molar-refractivity contribution in [3.8, 4) is 11.5 Å². The summed E-state index contributed by atoms with van der Waals surface area (Å²) in [6.07, 6.45) is 0. The first-order valence-corrected chi connectivity index (χ1v) is 8.31. The van der Waals surface area contributed by atoms with Gasteiger partial charge in [0, 0.05) is 18.0 Å². The number of para-hydroxylation sites is 2. The SMILES string of the molecule is COc1ccccc1OCC(C)NC(=O)c1cc2cc(F)ccc2n1C. The molecule has 3 rings (SSSR count). The van der Waals surface area contributed by atoms with E-state index < -0.39 is 0 Å². The van der Waals surface area contributed by atoms with Gasteiger partial charge in [-0.1, -0.05) is 12.1 Å². The number of hydrogen-bond donors (Lipinski definition) is 1. The summed E-state index contributed by atoms with van der Waals surface area (Å²) in [4.78, 5) is 12.6. The predicted molar refractivity (Wildman–Crippen MR) is 98.3 cm³/mol. The Hall–Kier alpha value is -3.02. The standard InChI is InChI=1S/C20H21FN2O3/c1-13(12-26-19-7-5-4-6-18(19)25-3)22-20(24)17-11-14-10-15(21)8-9-16(14)23(17)2/h4-11,13H,12H2,1-3H3,(H,22,24). The fourth-order valence-corrected chi connectivity index (χ4v) is 2.83. The topological polar surface area (TPSA) is 52.5 Å². The molecule has 0 saturated carbocycles. The van der Waals surface area contributed by atoms with Crippen LogP contribution in [0.25, 0.3) is 10.9 Å². The van der Waals surface area contributed by atoms with Crippen molar-refractivity contribution in [3.05, 3.63) is 60.0 Å². The average molecular weight is 356 g/mol. The first-order valence-electron chi connectivity index (χ1n) is 8.31. The molecule has 0 spiro atoms. The Morgan fingerprint density at radius 2 is 1.92 bits per heavy atom. The molecule has 0 aliphatic carbocycles. The fraction of sp³-hybridized carbons (Fsp3) is 0.250. The van der Waals surface area contributed by atoms with Crippen LogP contribution in [0.2, 0.25) is 0 Å². The van der Waals surface area contributed by atoms with E-state index in [1.54, 1.807) is 30.9 Å². The number of aryl methyl sites for hydroxylation is 1. The van der Waals surface area contributed by atoms with E-state index in [4.69, 9.17) is 9.47 Å². The number of halogens is 1. The highest BCUT2D eigenvalue weighted by molar-refractivity contribution is 5.98. The molecule has 2 aromatic carbocycles. The molecule has 5 nitrogen and oxygen atoms in total. The maximum Gasteiger partial charge on any atom is 0.268 e. The third-order valence-corrected chi connectivity index (χ3v) is 4.17. The quantitative estimate of drug-likeness (QED) is 0.735. The number of nitrogens with one attached hydrogen (secondary N) is 1. The Kier molecular flexibility index (Phi) is 5.11. The molecular formula is C20H21FN2O3. The fourth-order valence-electron chi connectivity index (χ4n) is 2.83. The first-order chi connectivity index (χ1) is 12.5. The van der Waals surface area contributed by atoms with Gasteiger partial charge in [-0.15, -0.1) is 0 Å². The van der Waals surface area contributed by atoms with Crippen molar-refractivity contribution >= 4 is 16.8 Å². The van der Waals surface area contributed by atoms with Crippen molar-refractivity contribution < 1.29 is 18.7 Å². The van der Waals surface area contributed by atoms with Crippen LogP contribution in [0.15, 0.2) is 48.5 Å². The molecule has 0 bridgehead atoms. The normalized spacial score (nSPS) is 12.0. The van der Waals surface area contributed by atoms with E-state index in [1.165, 1.54) is 12.1 Å². The Bertz CT molecular complexity index is 936. The number of benzene rings is 2. The molecule has 1 amide bonds. The molecular weight excluding hydrogens is 335 g/mol. The van der Waals surface area contributed by atoms with Gasteiger partial charge in [0.15, 0.2) is 11.5 Å². The van der Waals surface area contributed by atoms with E-state index in [-0.39, 0.29) is 17.8 Å². The Morgan fingerprint density at radius 1 is 1.19 bits per heavy atom. The smallest absolute Gasteiger partial charge is 0.268 e. The average Bonchev–Trinajstić information content (AvgIpc) is 2.96. The van der Waals surface area contributed by atoms with Gasteiger partial charge in [-0.2, -0.15) is 0 Å². The summed E-state index contributed by atoms with van der Waals surface area (Å²) in [5.41, 5.74) is 1.27. The molecule has 136 valence electrons. The first kappa shape index (κ1) is 17.8. The molecule has 26 heavy (non-hydrogen) atoms. The van der Waals surface area contributed by atoms with Gasteiger partial charge < -0.3 is 19.4 Å². The molecule has 1 N–H and O–H groups in total. The lowest BCUT2D eigenvalue weighted by atomic mass is 10.2. The van der Waals surface area contributed by atoms with Crippen molar-refractivity contribution in [3.63, 3.8) is 0 Å². The predicted octanol–water partition coefficient (Wildman–Crippen LogP) is 3.52. The third-order valence-electron chi connectivity index (χ3n) is 4.17. The zero-order chi connectivity index (χ0) is 18.7. The molecule has 1 unspecified atom stereocenters. The molecule has 1 aromatic heterocycles. The van der Waals surface area contributed by atoms with Crippen LogP contribution in [-0.2, 0) is 7.05 Å². The Morgan fingerprint density at radius 3 is 2.65 bits per heavy atom. The van der Waals surface area contributed by atoms with Gasteiger partial charge in [-0.05, 0) is 43.3 Å². The number of hydrogen-bond acceptors (Lipinski definition) is 3. The molecule has 0 aliphatic rings. The molecule has 3 aromatic rings. The lowest BCUT2D eigenvalue weighted by Crippen LogP contribution is -2.37. The molecule has 1 heterocycles. The number of fused-ring (bicyclic) bond motifs is 1. The zero-order valence-corrected chi connectivity index (χ0v) is 15.0. The zero-order valence-electron chi connectivity index (χ0n) is 15.0. The number of nitrogens with zero attached hydrogens (tertiary/aromatic N) is 1. The van der Waals surface area contributed by atoms with Crippen molar-refractivity contribution in [2.24, 2.45) is 7.05 Å². The Labute approximate surface area is 151 Å². The summed E-state index contributed by atoms with van der Waals surface area (Å²) in [6.45, 7) is 2.15. The van der Waals surface area contributed by atoms with E-state index >= 15 is 0 Å². The summed E-state index contributed by atoms with van der Waals surface area (Å²) >= 11 is 0. The summed E-state index contributed by atoms with van der Waals surface area (Å²) < 4.78 is 26.1. The lowest BCUT2D eigenvalue weighted by Gasteiger charge is -2.16. The molecule has 1 atom stereocenters. The minimum absolute atomic E-state index is 0.220. The van der Waals surface area contributed by atoms with Gasteiger partial charge in [-0.3, -0.25) is 4.79 Å². The van der Waals surface area contributed by atoms with Crippen LogP contribution in [0.5, 0.6) is 11.5 Å². The Balaban J connectivity index is 1.67. The summed E-state index contributed by atoms with van der Waals surface area (Å²) in [7, 11) is 3.36. The number of carbonyl (C=O) groups is 1. The highest BCUT2D eigenvalue weighted by Crippen LogP contribution is 2.25. The van der Waals surface area contributed by atoms with E-state index in [1.807, 2.05) is 31.2 Å². The molecule has 0 aliphatic heterocycles. The summed E-state index contributed by atoms with van der Waals surface area (Å²) in [5, 5.41) is 3.59.